The monoisotopic (exact) mass is 485 g/mol. The highest BCUT2D eigenvalue weighted by Gasteiger charge is 2.16. The van der Waals surface area contributed by atoms with E-state index in [1.54, 1.807) is 0 Å². The van der Waals surface area contributed by atoms with Gasteiger partial charge in [0.1, 0.15) is 0 Å². The molecular weight excluding hydrogens is 464 g/mol. The second-order valence-corrected chi connectivity index (χ2v) is 8.69. The van der Waals surface area contributed by atoms with Crippen LogP contribution in [0.5, 0.6) is 0 Å². The standard InChI is InChI=1S/C32H22Br/c33-30-18-10-17-29(23-30)24-19-21-28(22-20-24)32(27-15-8-3-9-16-27)31(25-11-4-1-5-12-25)26-13-6-2-7-14-26/h1-22H. The van der Waals surface area contributed by atoms with E-state index in [1.807, 2.05) is 12.1 Å². The van der Waals surface area contributed by atoms with Crippen LogP contribution >= 0.6 is 15.9 Å². The Morgan fingerprint density at radius 3 is 1.27 bits per heavy atom. The molecule has 5 rings (SSSR count). The van der Waals surface area contributed by atoms with Gasteiger partial charge in [-0.1, -0.05) is 143 Å². The van der Waals surface area contributed by atoms with Gasteiger partial charge in [-0.2, -0.15) is 0 Å². The van der Waals surface area contributed by atoms with Gasteiger partial charge in [-0.05, 0) is 50.6 Å². The first kappa shape index (κ1) is 21.2. The van der Waals surface area contributed by atoms with E-state index in [1.165, 1.54) is 33.4 Å². The van der Waals surface area contributed by atoms with Crippen LogP contribution in [0.15, 0.2) is 138 Å². The third kappa shape index (κ3) is 4.74. The molecule has 5 aromatic rings. The summed E-state index contributed by atoms with van der Waals surface area (Å²) in [5.41, 5.74) is 9.45. The van der Waals surface area contributed by atoms with Crippen molar-refractivity contribution in [2.24, 2.45) is 0 Å². The van der Waals surface area contributed by atoms with Crippen molar-refractivity contribution in [3.63, 3.8) is 0 Å². The van der Waals surface area contributed by atoms with E-state index >= 15 is 0 Å². The second kappa shape index (κ2) is 9.85. The van der Waals surface area contributed by atoms with Crippen LogP contribution in [0.25, 0.3) is 22.3 Å². The fraction of sp³-hybridized carbons (Fsp3) is 0. The number of hydrogen-bond acceptors (Lipinski definition) is 0. The molecule has 0 aromatic heterocycles. The Hall–Kier alpha value is -3.68. The smallest absolute Gasteiger partial charge is 0.0260 e. The Balaban J connectivity index is 1.74. The molecule has 157 valence electrons. The molecule has 0 atom stereocenters. The summed E-state index contributed by atoms with van der Waals surface area (Å²) >= 11 is 3.54. The predicted molar refractivity (Wildman–Crippen MR) is 143 cm³/mol. The van der Waals surface area contributed by atoms with Gasteiger partial charge < -0.3 is 0 Å². The van der Waals surface area contributed by atoms with Crippen molar-refractivity contribution in [1.82, 2.24) is 0 Å². The summed E-state index contributed by atoms with van der Waals surface area (Å²) in [6.07, 6.45) is 0. The van der Waals surface area contributed by atoms with Gasteiger partial charge in [0.25, 0.3) is 0 Å². The molecule has 33 heavy (non-hydrogen) atoms. The molecule has 1 heteroatoms. The maximum absolute atomic E-state index is 3.54. The topological polar surface area (TPSA) is 0 Å². The lowest BCUT2D eigenvalue weighted by molar-refractivity contribution is 1.49. The van der Waals surface area contributed by atoms with Crippen LogP contribution in [0.1, 0.15) is 22.3 Å². The molecule has 0 amide bonds. The first-order chi connectivity index (χ1) is 16.3. The minimum absolute atomic E-state index is 0.962. The fourth-order valence-electron chi connectivity index (χ4n) is 4.15. The highest BCUT2D eigenvalue weighted by Crippen LogP contribution is 2.37. The first-order valence-electron chi connectivity index (χ1n) is 11.0. The number of rotatable bonds is 5. The van der Waals surface area contributed by atoms with E-state index in [0.717, 1.165) is 15.6 Å². The largest absolute Gasteiger partial charge is 0.0622 e. The summed E-state index contributed by atoms with van der Waals surface area (Å²) in [7, 11) is 0. The molecule has 0 heterocycles. The number of halogens is 1. The van der Waals surface area contributed by atoms with Crippen LogP contribution in [0, 0.1) is 6.07 Å². The van der Waals surface area contributed by atoms with E-state index in [4.69, 9.17) is 0 Å². The van der Waals surface area contributed by atoms with Crippen molar-refractivity contribution in [2.75, 3.05) is 0 Å². The van der Waals surface area contributed by atoms with Crippen molar-refractivity contribution in [3.8, 4) is 11.1 Å². The summed E-state index contributed by atoms with van der Waals surface area (Å²) in [6, 6.07) is 50.3. The number of hydrogen-bond donors (Lipinski definition) is 0. The zero-order chi connectivity index (χ0) is 22.5. The lowest BCUT2D eigenvalue weighted by atomic mass is 9.85. The third-order valence-corrected chi connectivity index (χ3v) is 6.14. The predicted octanol–water partition coefficient (Wildman–Crippen LogP) is 8.92. The molecule has 0 aliphatic heterocycles. The highest BCUT2D eigenvalue weighted by molar-refractivity contribution is 9.10. The molecule has 0 saturated carbocycles. The summed E-state index contributed by atoms with van der Waals surface area (Å²) in [5.74, 6) is 0. The van der Waals surface area contributed by atoms with Crippen LogP contribution < -0.4 is 0 Å². The van der Waals surface area contributed by atoms with Gasteiger partial charge >= 0.3 is 0 Å². The Morgan fingerprint density at radius 2 is 0.848 bits per heavy atom. The highest BCUT2D eigenvalue weighted by atomic mass is 79.9. The SMILES string of the molecule is Brc1[c]c(-c2ccc(C(=C(c3ccccc3)c3ccccc3)c3ccccc3)cc2)ccc1. The number of benzene rings is 5. The van der Waals surface area contributed by atoms with Crippen LogP contribution in [0.2, 0.25) is 0 Å². The Kier molecular flexibility index (Phi) is 6.32. The lowest BCUT2D eigenvalue weighted by Gasteiger charge is -2.18. The van der Waals surface area contributed by atoms with E-state index in [9.17, 15) is 0 Å². The second-order valence-electron chi connectivity index (χ2n) is 7.84. The molecule has 0 spiro atoms. The molecule has 0 nitrogen and oxygen atoms in total. The Bertz CT molecular complexity index is 1330. The molecule has 0 unspecified atom stereocenters. The van der Waals surface area contributed by atoms with Crippen LogP contribution in [0.4, 0.5) is 0 Å². The minimum Gasteiger partial charge on any atom is -0.0622 e. The van der Waals surface area contributed by atoms with Gasteiger partial charge in [-0.15, -0.1) is 0 Å². The van der Waals surface area contributed by atoms with Crippen molar-refractivity contribution in [3.05, 3.63) is 166 Å². The van der Waals surface area contributed by atoms with Crippen molar-refractivity contribution < 1.29 is 0 Å². The quantitative estimate of drug-likeness (QED) is 0.218. The molecule has 5 aromatic carbocycles. The van der Waals surface area contributed by atoms with Gasteiger partial charge in [0.05, 0.1) is 0 Å². The Labute approximate surface area is 204 Å². The van der Waals surface area contributed by atoms with Crippen molar-refractivity contribution >= 4 is 27.1 Å². The molecule has 0 fully saturated rings. The minimum atomic E-state index is 0.962. The summed E-state index contributed by atoms with van der Waals surface area (Å²) < 4.78 is 0.962. The van der Waals surface area contributed by atoms with Gasteiger partial charge in [0.15, 0.2) is 0 Å². The normalized spacial score (nSPS) is 10.6. The molecule has 1 radical (unpaired) electrons. The van der Waals surface area contributed by atoms with Gasteiger partial charge in [0.2, 0.25) is 0 Å². The van der Waals surface area contributed by atoms with Crippen molar-refractivity contribution in [2.45, 2.75) is 0 Å². The summed E-state index contributed by atoms with van der Waals surface area (Å²) in [5, 5.41) is 0. The summed E-state index contributed by atoms with van der Waals surface area (Å²) in [4.78, 5) is 0. The van der Waals surface area contributed by atoms with Gasteiger partial charge in [-0.3, -0.25) is 0 Å². The Morgan fingerprint density at radius 1 is 0.424 bits per heavy atom. The molecule has 0 aliphatic carbocycles. The third-order valence-electron chi connectivity index (χ3n) is 5.68. The van der Waals surface area contributed by atoms with E-state index in [-0.39, 0.29) is 0 Å². The zero-order valence-electron chi connectivity index (χ0n) is 18.1. The molecule has 0 aliphatic rings. The van der Waals surface area contributed by atoms with Gasteiger partial charge in [0, 0.05) is 10.5 Å². The van der Waals surface area contributed by atoms with Crippen LogP contribution in [-0.4, -0.2) is 0 Å². The first-order valence-corrected chi connectivity index (χ1v) is 11.8. The van der Waals surface area contributed by atoms with E-state index in [2.05, 4.69) is 143 Å². The summed E-state index contributed by atoms with van der Waals surface area (Å²) in [6.45, 7) is 0. The maximum atomic E-state index is 3.54. The zero-order valence-corrected chi connectivity index (χ0v) is 19.7. The lowest BCUT2D eigenvalue weighted by Crippen LogP contribution is -1.97. The average Bonchev–Trinajstić information content (AvgIpc) is 2.89. The van der Waals surface area contributed by atoms with Crippen molar-refractivity contribution in [1.29, 1.82) is 0 Å². The molecule has 0 N–H and O–H groups in total. The molecular formula is C32H22Br. The average molecular weight is 486 g/mol. The van der Waals surface area contributed by atoms with E-state index in [0.29, 0.717) is 0 Å². The molecule has 0 bridgehead atoms. The maximum Gasteiger partial charge on any atom is 0.0260 e. The fourth-order valence-corrected chi connectivity index (χ4v) is 4.52. The van der Waals surface area contributed by atoms with Crippen LogP contribution in [0.3, 0.4) is 0 Å². The van der Waals surface area contributed by atoms with E-state index < -0.39 is 0 Å². The molecule has 0 saturated heterocycles. The van der Waals surface area contributed by atoms with Crippen LogP contribution in [-0.2, 0) is 0 Å². The van der Waals surface area contributed by atoms with Gasteiger partial charge in [-0.25, -0.2) is 0 Å².